The van der Waals surface area contributed by atoms with Gasteiger partial charge in [-0.15, -0.1) is 0 Å². The summed E-state index contributed by atoms with van der Waals surface area (Å²) in [5.74, 6) is -0.387. The molecule has 0 bridgehead atoms. The van der Waals surface area contributed by atoms with Gasteiger partial charge in [0, 0.05) is 11.6 Å². The number of carbonyl (C=O) groups is 1. The first-order valence-electron chi connectivity index (χ1n) is 6.62. The highest BCUT2D eigenvalue weighted by molar-refractivity contribution is 9.09. The molecule has 2 aromatic rings. The molecule has 2 aromatic carbocycles. The highest BCUT2D eigenvalue weighted by Gasteiger charge is 2.25. The zero-order chi connectivity index (χ0) is 18.3. The lowest BCUT2D eigenvalue weighted by Crippen LogP contribution is -2.25. The molecule has 0 saturated heterocycles. The first-order valence-corrected chi connectivity index (χ1v) is 7.41. The summed E-state index contributed by atoms with van der Waals surface area (Å²) in [4.78, 5) is 25.0. The van der Waals surface area contributed by atoms with Crippen molar-refractivity contribution in [3.63, 3.8) is 0 Å². The Balaban J connectivity index is 0.000000891. The molecule has 8 nitrogen and oxygen atoms in total. The molecule has 0 aliphatic rings. The first kappa shape index (κ1) is 19.3. The summed E-state index contributed by atoms with van der Waals surface area (Å²) in [6.45, 7) is 1.67. The molecular weight excluding hydrogens is 378 g/mol. The van der Waals surface area contributed by atoms with Crippen LogP contribution in [0.15, 0.2) is 48.5 Å². The normalized spacial score (nSPS) is 12.1. The molecule has 2 rings (SSSR count). The highest BCUT2D eigenvalue weighted by Crippen LogP contribution is 2.30. The van der Waals surface area contributed by atoms with E-state index in [9.17, 15) is 14.9 Å². The largest absolute Gasteiger partial charge is 0.313 e. The van der Waals surface area contributed by atoms with Crippen LogP contribution < -0.4 is 10.6 Å². The maximum Gasteiger partial charge on any atom is 0.280 e. The number of nitro groups is 1. The van der Waals surface area contributed by atoms with E-state index in [4.69, 9.17) is 16.8 Å². The van der Waals surface area contributed by atoms with Crippen LogP contribution in [0.3, 0.4) is 0 Å². The number of benzene rings is 2. The summed E-state index contributed by atoms with van der Waals surface area (Å²) < 4.78 is -0.897. The van der Waals surface area contributed by atoms with Crippen molar-refractivity contribution in [1.82, 2.24) is 4.91 Å². The van der Waals surface area contributed by atoms with Crippen LogP contribution in [0, 0.1) is 21.2 Å². The van der Waals surface area contributed by atoms with Gasteiger partial charge < -0.3 is 5.73 Å². The van der Waals surface area contributed by atoms with E-state index in [2.05, 4.69) is 15.9 Å². The lowest BCUT2D eigenvalue weighted by Gasteiger charge is -2.17. The first-order chi connectivity index (χ1) is 11.2. The fourth-order valence-corrected chi connectivity index (χ4v) is 2.17. The summed E-state index contributed by atoms with van der Waals surface area (Å²) in [6, 6.07) is 12.8. The average molecular weight is 393 g/mol. The molecule has 0 radical (unpaired) electrons. The van der Waals surface area contributed by atoms with E-state index in [1.807, 2.05) is 4.91 Å². The molecule has 1 unspecified atom stereocenters. The Morgan fingerprint density at radius 2 is 1.79 bits per heavy atom. The number of carbonyl (C=O) groups excluding carboxylic acids is 1. The van der Waals surface area contributed by atoms with Crippen molar-refractivity contribution < 1.29 is 9.72 Å². The molecule has 0 heterocycles. The number of rotatable bonds is 4. The number of nitrogens with two attached hydrogens (primary N) is 1. The van der Waals surface area contributed by atoms with Crippen molar-refractivity contribution >= 4 is 27.4 Å². The van der Waals surface area contributed by atoms with Crippen LogP contribution in [0.2, 0.25) is 0 Å². The summed E-state index contributed by atoms with van der Waals surface area (Å²) in [5, 5.41) is 11.2. The summed E-state index contributed by atoms with van der Waals surface area (Å²) in [7, 11) is 0. The Hall–Kier alpha value is -2.74. The van der Waals surface area contributed by atoms with Gasteiger partial charge in [0.25, 0.3) is 5.69 Å². The molecule has 0 aromatic heterocycles. The Kier molecular flexibility index (Phi) is 6.60. The van der Waals surface area contributed by atoms with Gasteiger partial charge in [-0.2, -0.15) is 0 Å². The second-order valence-corrected chi connectivity index (χ2v) is 6.52. The zero-order valence-electron chi connectivity index (χ0n) is 12.7. The highest BCUT2D eigenvalue weighted by atomic mass is 79.9. The van der Waals surface area contributed by atoms with E-state index >= 15 is 0 Å². The molecular formula is C15H15BrN5O3+. The Labute approximate surface area is 146 Å². The number of halogens is 1. The second-order valence-electron chi connectivity index (χ2n) is 4.87. The minimum atomic E-state index is -0.897. The Morgan fingerprint density at radius 1 is 1.25 bits per heavy atom. The SMILES string of the molecule is CC(N)(Br)c1ccc(C(=O)c2ccccc2)c([N+](=O)[O-])c1.N=[N+]=N. The third kappa shape index (κ3) is 4.88. The summed E-state index contributed by atoms with van der Waals surface area (Å²) >= 11 is 3.25. The number of alkyl halides is 1. The molecule has 0 saturated carbocycles. The minimum Gasteiger partial charge on any atom is -0.313 e. The van der Waals surface area contributed by atoms with E-state index in [0.717, 1.165) is 0 Å². The molecule has 24 heavy (non-hydrogen) atoms. The monoisotopic (exact) mass is 392 g/mol. The van der Waals surface area contributed by atoms with Crippen LogP contribution in [0.5, 0.6) is 0 Å². The van der Waals surface area contributed by atoms with E-state index in [-0.39, 0.29) is 17.0 Å². The van der Waals surface area contributed by atoms with Crippen LogP contribution >= 0.6 is 15.9 Å². The number of hydrogen-bond acceptors (Lipinski definition) is 6. The third-order valence-electron chi connectivity index (χ3n) is 3.04. The van der Waals surface area contributed by atoms with Crippen LogP contribution in [0.1, 0.15) is 28.4 Å². The number of nitrogens with zero attached hydrogens (tertiary/aromatic N) is 2. The van der Waals surface area contributed by atoms with Crippen molar-refractivity contribution in [2.24, 2.45) is 5.73 Å². The fraction of sp³-hybridized carbons (Fsp3) is 0.133. The zero-order valence-corrected chi connectivity index (χ0v) is 14.3. The van der Waals surface area contributed by atoms with Crippen molar-refractivity contribution in [2.75, 3.05) is 0 Å². The van der Waals surface area contributed by atoms with Gasteiger partial charge in [0.15, 0.2) is 5.78 Å². The van der Waals surface area contributed by atoms with Gasteiger partial charge in [-0.3, -0.25) is 14.9 Å². The molecule has 0 spiro atoms. The molecule has 0 amide bonds. The van der Waals surface area contributed by atoms with Gasteiger partial charge in [-0.1, -0.05) is 52.3 Å². The molecule has 0 fully saturated rings. The third-order valence-corrected chi connectivity index (χ3v) is 3.50. The number of nitro benzene ring substituents is 1. The van der Waals surface area contributed by atoms with E-state index < -0.39 is 9.37 Å². The molecule has 124 valence electrons. The van der Waals surface area contributed by atoms with Crippen LogP contribution in [-0.4, -0.2) is 10.7 Å². The fourth-order valence-electron chi connectivity index (χ4n) is 1.92. The number of hydrogen-bond donors (Lipinski definition) is 3. The predicted octanol–water partition coefficient (Wildman–Crippen LogP) is 3.47. The van der Waals surface area contributed by atoms with E-state index in [0.29, 0.717) is 11.1 Å². The number of nitrogens with one attached hydrogen (secondary N) is 2. The molecule has 0 aliphatic carbocycles. The Bertz CT molecular complexity index is 781. The summed E-state index contributed by atoms with van der Waals surface area (Å²) in [6.07, 6.45) is 0. The van der Waals surface area contributed by atoms with Crippen molar-refractivity contribution in [2.45, 2.75) is 11.4 Å². The van der Waals surface area contributed by atoms with Gasteiger partial charge in [-0.05, 0) is 18.6 Å². The minimum absolute atomic E-state index is 0.0479. The van der Waals surface area contributed by atoms with Gasteiger partial charge in [0.05, 0.1) is 9.37 Å². The molecule has 9 heteroatoms. The topological polar surface area (TPSA) is 148 Å². The van der Waals surface area contributed by atoms with Crippen molar-refractivity contribution in [1.29, 1.82) is 11.1 Å². The maximum atomic E-state index is 12.4. The quantitative estimate of drug-likeness (QED) is 0.139. The van der Waals surface area contributed by atoms with Gasteiger partial charge in [0.2, 0.25) is 4.91 Å². The molecule has 0 aliphatic heterocycles. The van der Waals surface area contributed by atoms with Gasteiger partial charge in [0.1, 0.15) is 16.6 Å². The lowest BCUT2D eigenvalue weighted by atomic mass is 9.98. The van der Waals surface area contributed by atoms with Crippen LogP contribution in [0.25, 0.3) is 0 Å². The van der Waals surface area contributed by atoms with Crippen LogP contribution in [0.4, 0.5) is 5.69 Å². The van der Waals surface area contributed by atoms with Gasteiger partial charge >= 0.3 is 0 Å². The predicted molar refractivity (Wildman–Crippen MR) is 91.0 cm³/mol. The lowest BCUT2D eigenvalue weighted by molar-refractivity contribution is -0.385. The smallest absolute Gasteiger partial charge is 0.280 e. The van der Waals surface area contributed by atoms with Crippen molar-refractivity contribution in [3.05, 3.63) is 75.3 Å². The Morgan fingerprint density at radius 3 is 2.25 bits per heavy atom. The number of ketones is 1. The maximum absolute atomic E-state index is 12.4. The summed E-state index contributed by atoms with van der Waals surface area (Å²) in [5.41, 5.74) is 17.6. The second kappa shape index (κ2) is 8.21. The van der Waals surface area contributed by atoms with Crippen molar-refractivity contribution in [3.8, 4) is 0 Å². The van der Waals surface area contributed by atoms with E-state index in [1.54, 1.807) is 43.3 Å². The van der Waals surface area contributed by atoms with Crippen LogP contribution in [-0.2, 0) is 4.45 Å². The molecule has 1 atom stereocenters. The average Bonchev–Trinajstić information content (AvgIpc) is 2.54. The van der Waals surface area contributed by atoms with Gasteiger partial charge in [-0.25, -0.2) is 0 Å². The standard InChI is InChI=1S/C15H13BrN2O3.H2N3/c1-15(16,17)11-7-8-12(13(9-11)18(20)21)14(19)10-5-3-2-4-6-10;1-3-2/h2-9H,17H2,1H3;1-2H/q;+1. The van der Waals surface area contributed by atoms with E-state index in [1.165, 1.54) is 12.1 Å². The molecule has 4 N–H and O–H groups in total.